The Morgan fingerprint density at radius 3 is 2.95 bits per heavy atom. The Morgan fingerprint density at radius 1 is 1.47 bits per heavy atom. The van der Waals surface area contributed by atoms with Crippen molar-refractivity contribution >= 4 is 33.9 Å². The van der Waals surface area contributed by atoms with Crippen molar-refractivity contribution in [2.45, 2.75) is 39.2 Å². The molecule has 0 atom stereocenters. The third-order valence-electron chi connectivity index (χ3n) is 3.50. The first-order valence-corrected chi connectivity index (χ1v) is 7.72. The first kappa shape index (κ1) is 12.8. The molecule has 1 N–H and O–H groups in total. The molecule has 2 aromatic rings. The number of H-pyrrole nitrogens is 1. The molecule has 0 bridgehead atoms. The monoisotopic (exact) mass is 292 g/mol. The lowest BCUT2D eigenvalue weighted by atomic mass is 9.98. The van der Waals surface area contributed by atoms with Crippen LogP contribution in [0.5, 0.6) is 0 Å². The number of fused-ring (bicyclic) bond motifs is 2. The highest BCUT2D eigenvalue weighted by Gasteiger charge is 2.19. The molecule has 100 valence electrons. The molecule has 0 saturated heterocycles. The van der Waals surface area contributed by atoms with Crippen molar-refractivity contribution in [2.75, 3.05) is 0 Å². The quantitative estimate of drug-likeness (QED) is 0.678. The van der Waals surface area contributed by atoms with E-state index >= 15 is 0 Å². The summed E-state index contributed by atoms with van der Waals surface area (Å²) in [5.74, 6) is 0. The van der Waals surface area contributed by atoms with Crippen LogP contribution in [0.3, 0.4) is 0 Å². The fraction of sp³-hybridized carbons (Fsp3) is 0.429. The topological polar surface area (TPSA) is 37.8 Å². The van der Waals surface area contributed by atoms with Crippen LogP contribution in [-0.2, 0) is 19.4 Å². The molecule has 0 unspecified atom stereocenters. The number of nitrogens with zero attached hydrogens (tertiary/aromatic N) is 1. The largest absolute Gasteiger partial charge is 0.327 e. The molecule has 1 aliphatic carbocycles. The van der Waals surface area contributed by atoms with E-state index in [4.69, 9.17) is 12.2 Å². The second-order valence-corrected chi connectivity index (χ2v) is 6.66. The SMILES string of the molecule is C=C(C)Cn1c(=S)[nH]c2c(=O)c3c(sc21)CCCC3. The van der Waals surface area contributed by atoms with Crippen LogP contribution in [0.2, 0.25) is 0 Å². The second-order valence-electron chi connectivity index (χ2n) is 5.19. The van der Waals surface area contributed by atoms with Crippen LogP contribution < -0.4 is 5.43 Å². The van der Waals surface area contributed by atoms with Gasteiger partial charge in [0.15, 0.2) is 4.77 Å². The normalized spacial score (nSPS) is 14.6. The van der Waals surface area contributed by atoms with Gasteiger partial charge >= 0.3 is 0 Å². The zero-order valence-corrected chi connectivity index (χ0v) is 12.5. The molecule has 0 aromatic carbocycles. The molecule has 0 amide bonds. The molecule has 2 heterocycles. The zero-order valence-electron chi connectivity index (χ0n) is 10.9. The van der Waals surface area contributed by atoms with Gasteiger partial charge in [-0.25, -0.2) is 0 Å². The Bertz CT molecular complexity index is 779. The van der Waals surface area contributed by atoms with Gasteiger partial charge in [0.1, 0.15) is 10.3 Å². The molecular weight excluding hydrogens is 276 g/mol. The molecule has 0 spiro atoms. The lowest BCUT2D eigenvalue weighted by Crippen LogP contribution is -2.15. The Kier molecular flexibility index (Phi) is 3.19. The van der Waals surface area contributed by atoms with E-state index in [1.165, 1.54) is 11.3 Å². The minimum atomic E-state index is 0.148. The van der Waals surface area contributed by atoms with E-state index in [0.29, 0.717) is 16.8 Å². The number of imidazole rings is 1. The summed E-state index contributed by atoms with van der Waals surface area (Å²) in [6.07, 6.45) is 4.23. The maximum absolute atomic E-state index is 12.5. The summed E-state index contributed by atoms with van der Waals surface area (Å²) < 4.78 is 2.61. The van der Waals surface area contributed by atoms with E-state index in [0.717, 1.165) is 35.2 Å². The van der Waals surface area contributed by atoms with Gasteiger partial charge in [0.2, 0.25) is 5.43 Å². The summed E-state index contributed by atoms with van der Waals surface area (Å²) in [6.45, 7) is 6.58. The summed E-state index contributed by atoms with van der Waals surface area (Å²) in [4.78, 5) is 17.8. The van der Waals surface area contributed by atoms with Gasteiger partial charge in [-0.3, -0.25) is 4.79 Å². The molecule has 3 rings (SSSR count). The number of aryl methyl sites for hydroxylation is 1. The van der Waals surface area contributed by atoms with Gasteiger partial charge in [-0.05, 0) is 44.8 Å². The van der Waals surface area contributed by atoms with Gasteiger partial charge in [-0.1, -0.05) is 12.2 Å². The van der Waals surface area contributed by atoms with Crippen molar-refractivity contribution in [2.24, 2.45) is 0 Å². The average molecular weight is 292 g/mol. The number of aromatic nitrogens is 2. The van der Waals surface area contributed by atoms with Crippen LogP contribution in [0.4, 0.5) is 0 Å². The first-order chi connectivity index (χ1) is 9.08. The van der Waals surface area contributed by atoms with Crippen LogP contribution in [0.25, 0.3) is 10.3 Å². The van der Waals surface area contributed by atoms with Gasteiger partial charge < -0.3 is 9.55 Å². The highest BCUT2D eigenvalue weighted by Crippen LogP contribution is 2.28. The van der Waals surface area contributed by atoms with E-state index in [1.807, 2.05) is 11.5 Å². The number of hydrogen-bond donors (Lipinski definition) is 1. The van der Waals surface area contributed by atoms with Crippen molar-refractivity contribution in [1.29, 1.82) is 0 Å². The smallest absolute Gasteiger partial charge is 0.209 e. The van der Waals surface area contributed by atoms with Crippen molar-refractivity contribution < 1.29 is 0 Å². The highest BCUT2D eigenvalue weighted by molar-refractivity contribution is 7.71. The molecule has 0 aliphatic heterocycles. The van der Waals surface area contributed by atoms with E-state index in [1.54, 1.807) is 11.3 Å². The van der Waals surface area contributed by atoms with Crippen molar-refractivity contribution in [3.63, 3.8) is 0 Å². The first-order valence-electron chi connectivity index (χ1n) is 6.49. The van der Waals surface area contributed by atoms with Gasteiger partial charge in [0, 0.05) is 17.0 Å². The Labute approximate surface area is 120 Å². The molecule has 1 aliphatic rings. The molecule has 0 saturated carbocycles. The summed E-state index contributed by atoms with van der Waals surface area (Å²) in [7, 11) is 0. The Balaban J connectivity index is 2.33. The number of rotatable bonds is 2. The maximum atomic E-state index is 12.5. The second kappa shape index (κ2) is 4.72. The fourth-order valence-electron chi connectivity index (χ4n) is 2.63. The number of hydrogen-bond acceptors (Lipinski definition) is 3. The highest BCUT2D eigenvalue weighted by atomic mass is 32.1. The fourth-order valence-corrected chi connectivity index (χ4v) is 4.25. The average Bonchev–Trinajstić information content (AvgIpc) is 2.67. The van der Waals surface area contributed by atoms with Crippen molar-refractivity contribution in [3.05, 3.63) is 37.6 Å². The van der Waals surface area contributed by atoms with E-state index in [-0.39, 0.29) is 5.43 Å². The van der Waals surface area contributed by atoms with Gasteiger partial charge in [0.05, 0.1) is 0 Å². The minimum Gasteiger partial charge on any atom is -0.327 e. The molecule has 19 heavy (non-hydrogen) atoms. The lowest BCUT2D eigenvalue weighted by Gasteiger charge is -2.14. The van der Waals surface area contributed by atoms with Crippen LogP contribution >= 0.6 is 23.6 Å². The van der Waals surface area contributed by atoms with Gasteiger partial charge in [-0.15, -0.1) is 11.3 Å². The maximum Gasteiger partial charge on any atom is 0.209 e. The molecule has 2 aromatic heterocycles. The van der Waals surface area contributed by atoms with Crippen molar-refractivity contribution in [3.8, 4) is 0 Å². The molecule has 3 nitrogen and oxygen atoms in total. The number of aromatic amines is 1. The van der Waals surface area contributed by atoms with Crippen LogP contribution in [-0.4, -0.2) is 9.55 Å². The summed E-state index contributed by atoms with van der Waals surface area (Å²) in [5, 5.41) is 0. The lowest BCUT2D eigenvalue weighted by molar-refractivity contribution is 0.692. The third-order valence-corrected chi connectivity index (χ3v) is 5.14. The summed E-state index contributed by atoms with van der Waals surface area (Å²) in [5.41, 5.74) is 2.86. The van der Waals surface area contributed by atoms with Crippen LogP contribution in [0, 0.1) is 4.77 Å². The Hall–Kier alpha value is -1.20. The summed E-state index contributed by atoms with van der Waals surface area (Å²) in [6, 6.07) is 0. The van der Waals surface area contributed by atoms with E-state index in [9.17, 15) is 4.79 Å². The molecular formula is C14H16N2OS2. The summed E-state index contributed by atoms with van der Waals surface area (Å²) >= 11 is 7.06. The zero-order chi connectivity index (χ0) is 13.6. The molecule has 5 heteroatoms. The Morgan fingerprint density at radius 2 is 2.21 bits per heavy atom. The number of allylic oxidation sites excluding steroid dienone is 1. The standard InChI is InChI=1S/C14H16N2OS2/c1-8(2)7-16-13-11(15-14(16)18)12(17)9-5-3-4-6-10(9)19-13/h1,3-7H2,2H3,(H,15,18). The predicted molar refractivity (Wildman–Crippen MR) is 82.7 cm³/mol. The molecule has 0 radical (unpaired) electrons. The van der Waals surface area contributed by atoms with E-state index in [2.05, 4.69) is 11.6 Å². The minimum absolute atomic E-state index is 0.148. The van der Waals surface area contributed by atoms with Gasteiger partial charge in [-0.2, -0.15) is 0 Å². The predicted octanol–water partition coefficient (Wildman–Crippen LogP) is 3.58. The third kappa shape index (κ3) is 2.11. The van der Waals surface area contributed by atoms with E-state index < -0.39 is 0 Å². The van der Waals surface area contributed by atoms with Gasteiger partial charge in [0.25, 0.3) is 0 Å². The van der Waals surface area contributed by atoms with Crippen molar-refractivity contribution in [1.82, 2.24) is 9.55 Å². The molecule has 0 fully saturated rings. The van der Waals surface area contributed by atoms with Crippen LogP contribution in [0.15, 0.2) is 16.9 Å². The van der Waals surface area contributed by atoms with Crippen LogP contribution in [0.1, 0.15) is 30.2 Å². The number of nitrogens with one attached hydrogen (secondary N) is 1.